The second kappa shape index (κ2) is 4.94. The van der Waals surface area contributed by atoms with Crippen LogP contribution in [0.3, 0.4) is 0 Å². The molecule has 0 aromatic carbocycles. The predicted octanol–water partition coefficient (Wildman–Crippen LogP) is 0.925. The molecular weight excluding hydrogens is 190 g/mol. The van der Waals surface area contributed by atoms with Crippen molar-refractivity contribution in [2.75, 3.05) is 5.75 Å². The molecule has 0 fully saturated rings. The normalized spacial score (nSPS) is 12.7. The lowest BCUT2D eigenvalue weighted by Gasteiger charge is -2.03. The summed E-state index contributed by atoms with van der Waals surface area (Å²) < 4.78 is 5.07. The largest absolute Gasteiger partial charge is 0.480 e. The van der Waals surface area contributed by atoms with Gasteiger partial charge in [0, 0.05) is 5.75 Å². The molecule has 1 atom stereocenters. The summed E-state index contributed by atoms with van der Waals surface area (Å²) in [5.41, 5.74) is 5.30. The van der Waals surface area contributed by atoms with Gasteiger partial charge >= 0.3 is 5.97 Å². The van der Waals surface area contributed by atoms with Crippen LogP contribution in [-0.2, 0) is 10.5 Å². The lowest BCUT2D eigenvalue weighted by atomic mass is 10.4. The van der Waals surface area contributed by atoms with Crippen molar-refractivity contribution in [1.82, 2.24) is 0 Å². The van der Waals surface area contributed by atoms with E-state index in [4.69, 9.17) is 15.3 Å². The number of carboxylic acid groups (broad SMARTS) is 1. The first-order chi connectivity index (χ1) is 6.20. The Kier molecular flexibility index (Phi) is 3.85. The number of furan rings is 1. The summed E-state index contributed by atoms with van der Waals surface area (Å²) in [5, 5.41) is 8.48. The molecule has 0 aliphatic heterocycles. The van der Waals surface area contributed by atoms with E-state index in [-0.39, 0.29) is 0 Å². The number of carboxylic acids is 1. The lowest BCUT2D eigenvalue weighted by molar-refractivity contribution is -0.137. The Morgan fingerprint density at radius 3 is 3.08 bits per heavy atom. The molecule has 1 aromatic rings. The van der Waals surface area contributed by atoms with Crippen molar-refractivity contribution >= 4 is 17.7 Å². The van der Waals surface area contributed by atoms with Crippen molar-refractivity contribution < 1.29 is 14.3 Å². The second-order valence-corrected chi connectivity index (χ2v) is 3.57. The van der Waals surface area contributed by atoms with Crippen LogP contribution in [0.4, 0.5) is 0 Å². The average molecular weight is 201 g/mol. The summed E-state index contributed by atoms with van der Waals surface area (Å²) in [4.78, 5) is 10.3. The van der Waals surface area contributed by atoms with Crippen LogP contribution < -0.4 is 5.73 Å². The highest BCUT2D eigenvalue weighted by molar-refractivity contribution is 7.98. The average Bonchev–Trinajstić information content (AvgIpc) is 2.56. The number of carbonyl (C=O) groups is 1. The number of rotatable bonds is 5. The fourth-order valence-electron chi connectivity index (χ4n) is 0.752. The van der Waals surface area contributed by atoms with Gasteiger partial charge in [-0.2, -0.15) is 11.8 Å². The van der Waals surface area contributed by atoms with Gasteiger partial charge in [-0.25, -0.2) is 0 Å². The first-order valence-electron chi connectivity index (χ1n) is 3.78. The molecule has 72 valence electrons. The van der Waals surface area contributed by atoms with E-state index < -0.39 is 12.0 Å². The summed E-state index contributed by atoms with van der Waals surface area (Å²) in [7, 11) is 0. The number of hydrogen-bond acceptors (Lipinski definition) is 4. The highest BCUT2D eigenvalue weighted by atomic mass is 32.2. The van der Waals surface area contributed by atoms with Gasteiger partial charge in [0.25, 0.3) is 0 Å². The van der Waals surface area contributed by atoms with Crippen molar-refractivity contribution in [2.45, 2.75) is 11.8 Å². The van der Waals surface area contributed by atoms with E-state index >= 15 is 0 Å². The third kappa shape index (κ3) is 3.52. The fourth-order valence-corrected chi connectivity index (χ4v) is 1.63. The monoisotopic (exact) mass is 201 g/mol. The zero-order valence-corrected chi connectivity index (χ0v) is 7.79. The summed E-state index contributed by atoms with van der Waals surface area (Å²) >= 11 is 1.45. The first kappa shape index (κ1) is 10.1. The Balaban J connectivity index is 2.18. The van der Waals surface area contributed by atoms with E-state index in [0.29, 0.717) is 11.5 Å². The maximum Gasteiger partial charge on any atom is 0.321 e. The van der Waals surface area contributed by atoms with E-state index in [2.05, 4.69) is 0 Å². The van der Waals surface area contributed by atoms with Crippen molar-refractivity contribution in [3.05, 3.63) is 24.2 Å². The molecule has 0 bridgehead atoms. The predicted molar refractivity (Wildman–Crippen MR) is 50.5 cm³/mol. The number of thioether (sulfide) groups is 1. The van der Waals surface area contributed by atoms with Gasteiger partial charge in [-0.3, -0.25) is 4.79 Å². The standard InChI is InChI=1S/C8H11NO3S/c9-7(8(10)11)5-13-4-6-2-1-3-12-6/h1-3,7H,4-5,9H2,(H,10,11). The Labute approximate surface area is 80.1 Å². The highest BCUT2D eigenvalue weighted by Gasteiger charge is 2.10. The minimum atomic E-state index is -0.966. The third-order valence-electron chi connectivity index (χ3n) is 1.44. The number of aliphatic carboxylic acids is 1. The van der Waals surface area contributed by atoms with Gasteiger partial charge in [-0.05, 0) is 12.1 Å². The molecule has 13 heavy (non-hydrogen) atoms. The molecule has 0 aliphatic carbocycles. The SMILES string of the molecule is NC(CSCc1ccco1)C(=O)O. The maximum absolute atomic E-state index is 10.3. The molecule has 5 heteroatoms. The van der Waals surface area contributed by atoms with Crippen LogP contribution in [0.25, 0.3) is 0 Å². The quantitative estimate of drug-likeness (QED) is 0.741. The molecule has 0 spiro atoms. The highest BCUT2D eigenvalue weighted by Crippen LogP contribution is 2.12. The minimum absolute atomic E-state index is 0.399. The van der Waals surface area contributed by atoms with Crippen LogP contribution in [0, 0.1) is 0 Å². The molecule has 0 radical (unpaired) electrons. The molecule has 0 amide bonds. The van der Waals surface area contributed by atoms with Gasteiger partial charge in [-0.1, -0.05) is 0 Å². The van der Waals surface area contributed by atoms with Crippen LogP contribution in [0.1, 0.15) is 5.76 Å². The summed E-state index contributed by atoms with van der Waals surface area (Å²) in [6.45, 7) is 0. The molecule has 1 rings (SSSR count). The Hall–Kier alpha value is -0.940. The van der Waals surface area contributed by atoms with Crippen LogP contribution in [0.2, 0.25) is 0 Å². The maximum atomic E-state index is 10.3. The topological polar surface area (TPSA) is 76.5 Å². The molecule has 1 unspecified atom stereocenters. The minimum Gasteiger partial charge on any atom is -0.480 e. The smallest absolute Gasteiger partial charge is 0.321 e. The Morgan fingerprint density at radius 2 is 2.54 bits per heavy atom. The van der Waals surface area contributed by atoms with Crippen LogP contribution in [-0.4, -0.2) is 22.9 Å². The fraction of sp³-hybridized carbons (Fsp3) is 0.375. The van der Waals surface area contributed by atoms with E-state index in [9.17, 15) is 4.79 Å². The second-order valence-electron chi connectivity index (χ2n) is 2.54. The van der Waals surface area contributed by atoms with Crippen molar-refractivity contribution in [2.24, 2.45) is 5.73 Å². The van der Waals surface area contributed by atoms with Crippen LogP contribution in [0.15, 0.2) is 22.8 Å². The van der Waals surface area contributed by atoms with Crippen molar-refractivity contribution in [1.29, 1.82) is 0 Å². The molecule has 3 N–H and O–H groups in total. The van der Waals surface area contributed by atoms with E-state index in [0.717, 1.165) is 5.76 Å². The number of nitrogens with two attached hydrogens (primary N) is 1. The molecule has 1 aromatic heterocycles. The molecular formula is C8H11NO3S. The molecule has 1 heterocycles. The van der Waals surface area contributed by atoms with Gasteiger partial charge in [0.05, 0.1) is 12.0 Å². The Morgan fingerprint density at radius 1 is 1.77 bits per heavy atom. The number of hydrogen-bond donors (Lipinski definition) is 2. The van der Waals surface area contributed by atoms with Gasteiger partial charge in [0.2, 0.25) is 0 Å². The van der Waals surface area contributed by atoms with E-state index in [1.54, 1.807) is 12.3 Å². The molecule has 0 aliphatic rings. The first-order valence-corrected chi connectivity index (χ1v) is 4.94. The van der Waals surface area contributed by atoms with Crippen LogP contribution in [0.5, 0.6) is 0 Å². The molecule has 4 nitrogen and oxygen atoms in total. The van der Waals surface area contributed by atoms with Crippen molar-refractivity contribution in [3.8, 4) is 0 Å². The van der Waals surface area contributed by atoms with Gasteiger partial charge < -0.3 is 15.3 Å². The third-order valence-corrected chi connectivity index (χ3v) is 2.52. The van der Waals surface area contributed by atoms with Gasteiger partial charge in [0.15, 0.2) is 0 Å². The zero-order valence-electron chi connectivity index (χ0n) is 6.97. The molecule has 0 saturated heterocycles. The Bertz CT molecular complexity index is 260. The molecule has 0 saturated carbocycles. The lowest BCUT2D eigenvalue weighted by Crippen LogP contribution is -2.32. The van der Waals surface area contributed by atoms with Gasteiger partial charge in [0.1, 0.15) is 11.8 Å². The van der Waals surface area contributed by atoms with Crippen LogP contribution >= 0.6 is 11.8 Å². The summed E-state index contributed by atoms with van der Waals surface area (Å²) in [6, 6.07) is 2.85. The van der Waals surface area contributed by atoms with E-state index in [1.165, 1.54) is 11.8 Å². The van der Waals surface area contributed by atoms with E-state index in [1.807, 2.05) is 6.07 Å². The van der Waals surface area contributed by atoms with Crippen molar-refractivity contribution in [3.63, 3.8) is 0 Å². The summed E-state index contributed by atoms with van der Waals surface area (Å²) in [6.07, 6.45) is 1.59. The summed E-state index contributed by atoms with van der Waals surface area (Å²) in [5.74, 6) is 0.929. The van der Waals surface area contributed by atoms with Gasteiger partial charge in [-0.15, -0.1) is 0 Å². The zero-order chi connectivity index (χ0) is 9.68.